The molecule has 1 aliphatic carbocycles. The van der Waals surface area contributed by atoms with Gasteiger partial charge in [0.2, 0.25) is 5.91 Å². The minimum Gasteiger partial charge on any atom is -0.365 e. The van der Waals surface area contributed by atoms with Crippen LogP contribution in [0.25, 0.3) is 0 Å². The molecule has 1 saturated carbocycles. The van der Waals surface area contributed by atoms with Gasteiger partial charge in [-0.05, 0) is 44.2 Å². The molecule has 0 radical (unpaired) electrons. The summed E-state index contributed by atoms with van der Waals surface area (Å²) in [5.74, 6) is -0.355. The Morgan fingerprint density at radius 2 is 2.19 bits per heavy atom. The number of benzene rings is 1. The Bertz CT molecular complexity index is 744. The van der Waals surface area contributed by atoms with Gasteiger partial charge in [0.15, 0.2) is 6.35 Å². The van der Waals surface area contributed by atoms with Gasteiger partial charge in [0, 0.05) is 44.2 Å². The molecular weight excluding hydrogens is 347 g/mol. The van der Waals surface area contributed by atoms with Gasteiger partial charge >= 0.3 is 0 Å². The van der Waals surface area contributed by atoms with Gasteiger partial charge in [-0.3, -0.25) is 15.0 Å². The number of halogens is 1. The minimum absolute atomic E-state index is 0.0990. The maximum atomic E-state index is 14.1. The lowest BCUT2D eigenvalue weighted by atomic mass is 10.0. The van der Waals surface area contributed by atoms with Crippen molar-refractivity contribution < 1.29 is 14.3 Å². The fourth-order valence-electron chi connectivity index (χ4n) is 3.93. The number of aryl methyl sites for hydroxylation is 1. The normalized spacial score (nSPS) is 21.5. The Morgan fingerprint density at radius 3 is 2.81 bits per heavy atom. The zero-order valence-electron chi connectivity index (χ0n) is 15.9. The lowest BCUT2D eigenvalue weighted by Crippen LogP contribution is -2.56. The quantitative estimate of drug-likeness (QED) is 0.743. The van der Waals surface area contributed by atoms with E-state index < -0.39 is 12.2 Å². The summed E-state index contributed by atoms with van der Waals surface area (Å²) in [6.45, 7) is 4.89. The molecule has 1 aromatic carbocycles. The van der Waals surface area contributed by atoms with Crippen LogP contribution in [-0.2, 0) is 11.3 Å². The van der Waals surface area contributed by atoms with Gasteiger partial charge in [-0.1, -0.05) is 6.07 Å². The number of piperidine rings is 1. The number of rotatable bonds is 6. The number of aliphatic hydroxyl groups is 1. The van der Waals surface area contributed by atoms with E-state index in [9.17, 15) is 14.3 Å². The average Bonchev–Trinajstić information content (AvgIpc) is 3.46. The van der Waals surface area contributed by atoms with Crippen LogP contribution in [0.4, 0.5) is 4.39 Å². The number of hydrogen-bond donors (Lipinski definition) is 2. The standard InChI is InChI=1S/C20H27FN4O2/c1-13-8-16(19(21)9-15(13)10-22)11-23-20(27)24-7-3-4-18(12-24)25(14(2)26)17-5-6-17/h8-9,17-18,20,23,27H,3-7,11-12H2,1-2H3. The van der Waals surface area contributed by atoms with E-state index in [4.69, 9.17) is 5.26 Å². The summed E-state index contributed by atoms with van der Waals surface area (Å²) in [4.78, 5) is 15.9. The molecule has 1 amide bonds. The number of carbonyl (C=O) groups excluding carboxylic acids is 1. The van der Waals surface area contributed by atoms with Crippen molar-refractivity contribution in [3.63, 3.8) is 0 Å². The van der Waals surface area contributed by atoms with Crippen LogP contribution in [0.3, 0.4) is 0 Å². The van der Waals surface area contributed by atoms with Crippen molar-refractivity contribution >= 4 is 5.91 Å². The van der Waals surface area contributed by atoms with E-state index in [2.05, 4.69) is 5.32 Å². The summed E-state index contributed by atoms with van der Waals surface area (Å²) in [6.07, 6.45) is 3.08. The van der Waals surface area contributed by atoms with Gasteiger partial charge < -0.3 is 10.0 Å². The Balaban J connectivity index is 1.59. The molecule has 0 bridgehead atoms. The predicted molar refractivity (Wildman–Crippen MR) is 98.8 cm³/mol. The molecule has 2 fully saturated rings. The van der Waals surface area contributed by atoms with E-state index in [1.807, 2.05) is 15.9 Å². The van der Waals surface area contributed by atoms with Gasteiger partial charge in [0.05, 0.1) is 11.6 Å². The van der Waals surface area contributed by atoms with Crippen molar-refractivity contribution in [2.45, 2.75) is 64.5 Å². The van der Waals surface area contributed by atoms with E-state index in [1.54, 1.807) is 19.9 Å². The molecule has 27 heavy (non-hydrogen) atoms. The summed E-state index contributed by atoms with van der Waals surface area (Å²) in [5, 5.41) is 22.5. The smallest absolute Gasteiger partial charge is 0.219 e. The fourth-order valence-corrected chi connectivity index (χ4v) is 3.93. The number of nitrogens with one attached hydrogen (secondary N) is 1. The number of nitriles is 1. The van der Waals surface area contributed by atoms with Gasteiger partial charge in [-0.2, -0.15) is 5.26 Å². The Hall–Kier alpha value is -2.01. The van der Waals surface area contributed by atoms with E-state index in [-0.39, 0.29) is 18.5 Å². The first-order valence-corrected chi connectivity index (χ1v) is 9.54. The molecule has 1 heterocycles. The number of aliphatic hydroxyl groups excluding tert-OH is 1. The zero-order chi connectivity index (χ0) is 19.6. The molecule has 2 unspecified atom stereocenters. The highest BCUT2D eigenvalue weighted by atomic mass is 19.1. The molecule has 7 heteroatoms. The van der Waals surface area contributed by atoms with Crippen LogP contribution in [-0.4, -0.2) is 52.3 Å². The first-order chi connectivity index (χ1) is 12.9. The van der Waals surface area contributed by atoms with Crippen LogP contribution < -0.4 is 5.32 Å². The van der Waals surface area contributed by atoms with Gasteiger partial charge in [0.25, 0.3) is 0 Å². The topological polar surface area (TPSA) is 79.6 Å². The van der Waals surface area contributed by atoms with Crippen LogP contribution >= 0.6 is 0 Å². The van der Waals surface area contributed by atoms with Crippen LogP contribution in [0.1, 0.15) is 49.3 Å². The van der Waals surface area contributed by atoms with Crippen molar-refractivity contribution in [3.05, 3.63) is 34.6 Å². The molecule has 0 aromatic heterocycles. The Morgan fingerprint density at radius 1 is 1.44 bits per heavy atom. The monoisotopic (exact) mass is 374 g/mol. The highest BCUT2D eigenvalue weighted by Gasteiger charge is 2.38. The first kappa shape index (κ1) is 19.7. The summed E-state index contributed by atoms with van der Waals surface area (Å²) in [7, 11) is 0. The van der Waals surface area contributed by atoms with E-state index in [1.165, 1.54) is 6.07 Å². The third-order valence-electron chi connectivity index (χ3n) is 5.46. The molecule has 2 atom stereocenters. The molecule has 1 aromatic rings. The highest BCUT2D eigenvalue weighted by molar-refractivity contribution is 5.74. The van der Waals surface area contributed by atoms with Gasteiger partial charge in [0.1, 0.15) is 5.82 Å². The largest absolute Gasteiger partial charge is 0.365 e. The number of nitrogens with zero attached hydrogens (tertiary/aromatic N) is 3. The Labute approximate surface area is 159 Å². The number of hydrogen-bond acceptors (Lipinski definition) is 5. The van der Waals surface area contributed by atoms with Gasteiger partial charge in [-0.15, -0.1) is 0 Å². The number of likely N-dealkylation sites (tertiary alicyclic amines) is 1. The van der Waals surface area contributed by atoms with Crippen LogP contribution in [0.15, 0.2) is 12.1 Å². The molecule has 3 rings (SSSR count). The number of carbonyl (C=O) groups is 1. The van der Waals surface area contributed by atoms with Crippen molar-refractivity contribution in [1.82, 2.24) is 15.1 Å². The molecule has 2 aliphatic rings. The SMILES string of the molecule is CC(=O)N(C1CC1)C1CCCN(C(O)NCc2cc(C)c(C#N)cc2F)C1. The molecule has 6 nitrogen and oxygen atoms in total. The second-order valence-electron chi connectivity index (χ2n) is 7.57. The Kier molecular flexibility index (Phi) is 6.10. The van der Waals surface area contributed by atoms with Crippen LogP contribution in [0.2, 0.25) is 0 Å². The van der Waals surface area contributed by atoms with Crippen LogP contribution in [0.5, 0.6) is 0 Å². The summed E-state index contributed by atoms with van der Waals surface area (Å²) in [5.41, 5.74) is 1.45. The third-order valence-corrected chi connectivity index (χ3v) is 5.46. The van der Waals surface area contributed by atoms with Crippen molar-refractivity contribution in [2.24, 2.45) is 0 Å². The van der Waals surface area contributed by atoms with Crippen molar-refractivity contribution in [2.75, 3.05) is 13.1 Å². The lowest BCUT2D eigenvalue weighted by Gasteiger charge is -2.41. The average molecular weight is 374 g/mol. The summed E-state index contributed by atoms with van der Waals surface area (Å²) < 4.78 is 14.1. The maximum absolute atomic E-state index is 14.1. The second kappa shape index (κ2) is 8.34. The predicted octanol–water partition coefficient (Wildman–Crippen LogP) is 1.85. The number of amides is 1. The zero-order valence-corrected chi connectivity index (χ0v) is 15.9. The molecule has 0 spiro atoms. The lowest BCUT2D eigenvalue weighted by molar-refractivity contribution is -0.135. The fraction of sp³-hybridized carbons (Fsp3) is 0.600. The third kappa shape index (κ3) is 4.64. The first-order valence-electron chi connectivity index (χ1n) is 9.54. The van der Waals surface area contributed by atoms with Crippen LogP contribution in [0, 0.1) is 24.1 Å². The van der Waals surface area contributed by atoms with E-state index in [0.29, 0.717) is 29.3 Å². The second-order valence-corrected chi connectivity index (χ2v) is 7.57. The van der Waals surface area contributed by atoms with Gasteiger partial charge in [-0.25, -0.2) is 4.39 Å². The maximum Gasteiger partial charge on any atom is 0.219 e. The van der Waals surface area contributed by atoms with Crippen molar-refractivity contribution in [3.8, 4) is 6.07 Å². The molecular formula is C20H27FN4O2. The molecule has 1 aliphatic heterocycles. The summed E-state index contributed by atoms with van der Waals surface area (Å²) in [6, 6.07) is 5.31. The van der Waals surface area contributed by atoms with Crippen molar-refractivity contribution in [1.29, 1.82) is 5.26 Å². The minimum atomic E-state index is -0.906. The summed E-state index contributed by atoms with van der Waals surface area (Å²) >= 11 is 0. The molecule has 146 valence electrons. The molecule has 2 N–H and O–H groups in total. The van der Waals surface area contributed by atoms with E-state index >= 15 is 0 Å². The molecule has 1 saturated heterocycles. The highest BCUT2D eigenvalue weighted by Crippen LogP contribution is 2.31. The van der Waals surface area contributed by atoms with E-state index in [0.717, 1.165) is 32.2 Å².